The van der Waals surface area contributed by atoms with E-state index in [2.05, 4.69) is 5.10 Å². The fraction of sp³-hybridized carbons (Fsp3) is 0.176. The van der Waals surface area contributed by atoms with E-state index in [0.717, 1.165) is 11.1 Å². The first-order chi connectivity index (χ1) is 11.6. The number of hydrogen-bond acceptors (Lipinski definition) is 3. The topological polar surface area (TPSA) is 49.0 Å². The second-order valence-corrected chi connectivity index (χ2v) is 6.42. The van der Waals surface area contributed by atoms with Crippen molar-refractivity contribution in [1.82, 2.24) is 14.3 Å². The Morgan fingerprint density at radius 1 is 1.17 bits per heavy atom. The molecule has 0 saturated carbocycles. The summed E-state index contributed by atoms with van der Waals surface area (Å²) in [7, 11) is 1.62. The van der Waals surface area contributed by atoms with Crippen molar-refractivity contribution in [2.75, 3.05) is 0 Å². The van der Waals surface area contributed by atoms with Gasteiger partial charge in [0.05, 0.1) is 5.69 Å². The first kappa shape index (κ1) is 15.4. The van der Waals surface area contributed by atoms with Gasteiger partial charge in [-0.2, -0.15) is 5.10 Å². The number of aromatic nitrogens is 3. The van der Waals surface area contributed by atoms with Crippen LogP contribution in [0.25, 0.3) is 5.69 Å². The molecular formula is C17H13Cl2N3O2. The molecule has 122 valence electrons. The normalized spacial score (nSPS) is 16.4. The lowest BCUT2D eigenvalue weighted by Gasteiger charge is -2.19. The number of nitrogens with zero attached hydrogens (tertiary/aromatic N) is 3. The van der Waals surface area contributed by atoms with Crippen LogP contribution in [0.15, 0.2) is 47.3 Å². The molecular weight excluding hydrogens is 349 g/mol. The Labute approximate surface area is 148 Å². The maximum atomic E-state index is 12.5. The maximum absolute atomic E-state index is 12.5. The van der Waals surface area contributed by atoms with E-state index in [1.54, 1.807) is 23.7 Å². The molecule has 1 aliphatic rings. The molecule has 0 aliphatic carbocycles. The highest BCUT2D eigenvalue weighted by atomic mass is 35.5. The third-order valence-electron chi connectivity index (χ3n) is 4.07. The van der Waals surface area contributed by atoms with Crippen LogP contribution in [0.2, 0.25) is 10.0 Å². The number of ether oxygens (including phenoxy) is 1. The van der Waals surface area contributed by atoms with Crippen molar-refractivity contribution in [3.63, 3.8) is 0 Å². The molecule has 4 rings (SSSR count). The van der Waals surface area contributed by atoms with Gasteiger partial charge in [0.1, 0.15) is 12.7 Å². The highest BCUT2D eigenvalue weighted by molar-refractivity contribution is 6.31. The minimum Gasteiger partial charge on any atom is -0.361 e. The SMILES string of the molecule is Cn1nc2n(c1=O)-c1ccc(Cl)cc1C(c1ccccc1Cl)OC2. The van der Waals surface area contributed by atoms with Crippen molar-refractivity contribution in [2.24, 2.45) is 7.05 Å². The second-order valence-electron chi connectivity index (χ2n) is 5.57. The van der Waals surface area contributed by atoms with Gasteiger partial charge in [-0.15, -0.1) is 0 Å². The van der Waals surface area contributed by atoms with E-state index in [1.807, 2.05) is 30.3 Å². The second kappa shape index (κ2) is 5.77. The van der Waals surface area contributed by atoms with Crippen molar-refractivity contribution in [3.05, 3.63) is 79.9 Å². The van der Waals surface area contributed by atoms with E-state index in [9.17, 15) is 4.79 Å². The van der Waals surface area contributed by atoms with Crippen LogP contribution < -0.4 is 5.69 Å². The molecule has 24 heavy (non-hydrogen) atoms. The van der Waals surface area contributed by atoms with Crippen molar-refractivity contribution in [3.8, 4) is 5.69 Å². The van der Waals surface area contributed by atoms with E-state index in [-0.39, 0.29) is 12.3 Å². The van der Waals surface area contributed by atoms with Gasteiger partial charge in [-0.3, -0.25) is 0 Å². The first-order valence-electron chi connectivity index (χ1n) is 7.37. The lowest BCUT2D eigenvalue weighted by atomic mass is 9.99. The highest BCUT2D eigenvalue weighted by Gasteiger charge is 2.28. The van der Waals surface area contributed by atoms with Gasteiger partial charge in [0.15, 0.2) is 5.82 Å². The average Bonchev–Trinajstić information content (AvgIpc) is 2.75. The number of benzene rings is 2. The zero-order valence-corrected chi connectivity index (χ0v) is 14.3. The molecule has 0 N–H and O–H groups in total. The number of halogens is 2. The van der Waals surface area contributed by atoms with Gasteiger partial charge >= 0.3 is 5.69 Å². The molecule has 2 aromatic carbocycles. The molecule has 2 heterocycles. The third kappa shape index (κ3) is 2.36. The van der Waals surface area contributed by atoms with E-state index in [4.69, 9.17) is 27.9 Å². The predicted molar refractivity (Wildman–Crippen MR) is 91.9 cm³/mol. The molecule has 1 atom stereocenters. The van der Waals surface area contributed by atoms with Gasteiger partial charge < -0.3 is 4.74 Å². The Hall–Kier alpha value is -2.08. The number of rotatable bonds is 1. The van der Waals surface area contributed by atoms with Gasteiger partial charge in [-0.1, -0.05) is 41.4 Å². The summed E-state index contributed by atoms with van der Waals surface area (Å²) in [4.78, 5) is 12.5. The standard InChI is InChI=1S/C17H13Cl2N3O2/c1-21-17(23)22-14-7-6-10(18)8-12(14)16(24-9-15(22)20-21)11-4-2-3-5-13(11)19/h2-8,16H,9H2,1H3. The molecule has 0 bridgehead atoms. The summed E-state index contributed by atoms with van der Waals surface area (Å²) in [6.45, 7) is 0.193. The number of hydrogen-bond donors (Lipinski definition) is 0. The van der Waals surface area contributed by atoms with Crippen LogP contribution in [0.5, 0.6) is 0 Å². The number of fused-ring (bicyclic) bond motifs is 3. The molecule has 5 nitrogen and oxygen atoms in total. The molecule has 0 radical (unpaired) electrons. The van der Waals surface area contributed by atoms with Crippen LogP contribution in [0, 0.1) is 0 Å². The molecule has 7 heteroatoms. The maximum Gasteiger partial charge on any atom is 0.350 e. The van der Waals surface area contributed by atoms with Crippen molar-refractivity contribution in [1.29, 1.82) is 0 Å². The van der Waals surface area contributed by atoms with Crippen molar-refractivity contribution < 1.29 is 4.74 Å². The molecule has 0 fully saturated rings. The smallest absolute Gasteiger partial charge is 0.350 e. The Morgan fingerprint density at radius 3 is 2.75 bits per heavy atom. The summed E-state index contributed by atoms with van der Waals surface area (Å²) in [5.41, 5.74) is 2.08. The Bertz CT molecular complexity index is 994. The van der Waals surface area contributed by atoms with E-state index in [0.29, 0.717) is 21.6 Å². The quantitative estimate of drug-likeness (QED) is 0.666. The van der Waals surface area contributed by atoms with E-state index >= 15 is 0 Å². The fourth-order valence-corrected chi connectivity index (χ4v) is 3.40. The van der Waals surface area contributed by atoms with Gasteiger partial charge in [0, 0.05) is 28.2 Å². The van der Waals surface area contributed by atoms with Crippen molar-refractivity contribution >= 4 is 23.2 Å². The Balaban J connectivity index is 2.00. The molecule has 1 aromatic heterocycles. The third-order valence-corrected chi connectivity index (χ3v) is 4.65. The predicted octanol–water partition coefficient (Wildman–Crippen LogP) is 3.50. The van der Waals surface area contributed by atoms with E-state index < -0.39 is 6.10 Å². The van der Waals surface area contributed by atoms with Crippen LogP contribution in [0.1, 0.15) is 23.1 Å². The van der Waals surface area contributed by atoms with Crippen molar-refractivity contribution in [2.45, 2.75) is 12.7 Å². The Kier molecular flexibility index (Phi) is 3.72. The molecule has 0 spiro atoms. The zero-order chi connectivity index (χ0) is 16.8. The minimum atomic E-state index is -0.432. The zero-order valence-electron chi connectivity index (χ0n) is 12.7. The van der Waals surface area contributed by atoms with Crippen LogP contribution in [0.3, 0.4) is 0 Å². The average molecular weight is 362 g/mol. The van der Waals surface area contributed by atoms with Crippen LogP contribution in [-0.4, -0.2) is 14.3 Å². The van der Waals surface area contributed by atoms with Crippen LogP contribution in [-0.2, 0) is 18.4 Å². The molecule has 0 saturated heterocycles. The van der Waals surface area contributed by atoms with E-state index in [1.165, 1.54) is 4.68 Å². The summed E-state index contributed by atoms with van der Waals surface area (Å²) in [6, 6.07) is 12.8. The van der Waals surface area contributed by atoms with Gasteiger partial charge in [0.25, 0.3) is 0 Å². The molecule has 0 amide bonds. The molecule has 1 aliphatic heterocycles. The lowest BCUT2D eigenvalue weighted by Crippen LogP contribution is -2.22. The molecule has 1 unspecified atom stereocenters. The van der Waals surface area contributed by atoms with Gasteiger partial charge in [-0.05, 0) is 24.3 Å². The summed E-state index contributed by atoms with van der Waals surface area (Å²) in [5.74, 6) is 0.542. The Morgan fingerprint density at radius 2 is 1.96 bits per heavy atom. The summed E-state index contributed by atoms with van der Waals surface area (Å²) in [6.07, 6.45) is -0.432. The van der Waals surface area contributed by atoms with Crippen LogP contribution >= 0.6 is 23.2 Å². The lowest BCUT2D eigenvalue weighted by molar-refractivity contribution is 0.0653. The monoisotopic (exact) mass is 361 g/mol. The van der Waals surface area contributed by atoms with Crippen LogP contribution in [0.4, 0.5) is 0 Å². The fourth-order valence-electron chi connectivity index (χ4n) is 2.98. The largest absolute Gasteiger partial charge is 0.361 e. The summed E-state index contributed by atoms with van der Waals surface area (Å²) < 4.78 is 8.92. The highest BCUT2D eigenvalue weighted by Crippen LogP contribution is 2.38. The number of aryl methyl sites for hydroxylation is 1. The molecule has 3 aromatic rings. The summed E-state index contributed by atoms with van der Waals surface area (Å²) >= 11 is 12.6. The first-order valence-corrected chi connectivity index (χ1v) is 8.12. The summed E-state index contributed by atoms with van der Waals surface area (Å²) in [5, 5.41) is 5.42. The van der Waals surface area contributed by atoms with Gasteiger partial charge in [-0.25, -0.2) is 14.0 Å². The minimum absolute atomic E-state index is 0.193. The van der Waals surface area contributed by atoms with Gasteiger partial charge in [0.2, 0.25) is 0 Å².